The van der Waals surface area contributed by atoms with Crippen molar-refractivity contribution in [3.8, 4) is 11.1 Å². The number of halogens is 2. The molecule has 0 aliphatic carbocycles. The van der Waals surface area contributed by atoms with Gasteiger partial charge in [0.25, 0.3) is 10.0 Å². The number of carboxylic acid groups (broad SMARTS) is 1. The summed E-state index contributed by atoms with van der Waals surface area (Å²) in [7, 11) is -3.94. The van der Waals surface area contributed by atoms with Crippen molar-refractivity contribution in [3.63, 3.8) is 0 Å². The molecule has 0 saturated carbocycles. The molecule has 0 saturated heterocycles. The Bertz CT molecular complexity index is 1410. The maximum Gasteiger partial charge on any atom is 0.335 e. The molecule has 0 fully saturated rings. The highest BCUT2D eigenvalue weighted by Gasteiger charge is 2.18. The number of hydrogen-bond acceptors (Lipinski definition) is 3. The van der Waals surface area contributed by atoms with Crippen molar-refractivity contribution in [2.75, 3.05) is 4.72 Å². The van der Waals surface area contributed by atoms with Gasteiger partial charge in [-0.3, -0.25) is 4.72 Å². The van der Waals surface area contributed by atoms with E-state index in [1.807, 2.05) is 18.2 Å². The van der Waals surface area contributed by atoms with Crippen molar-refractivity contribution in [1.29, 1.82) is 0 Å². The van der Waals surface area contributed by atoms with Crippen molar-refractivity contribution < 1.29 is 18.3 Å². The van der Waals surface area contributed by atoms with Crippen LogP contribution in [0.4, 0.5) is 5.69 Å². The minimum atomic E-state index is -3.94. The lowest BCUT2D eigenvalue weighted by Gasteiger charge is -2.14. The monoisotopic (exact) mass is 471 g/mol. The first kappa shape index (κ1) is 21.2. The van der Waals surface area contributed by atoms with Crippen molar-refractivity contribution >= 4 is 55.7 Å². The van der Waals surface area contributed by atoms with Gasteiger partial charge in [0.1, 0.15) is 0 Å². The molecule has 0 bridgehead atoms. The number of hydrogen-bond donors (Lipinski definition) is 2. The highest BCUT2D eigenvalue weighted by Crippen LogP contribution is 2.35. The van der Waals surface area contributed by atoms with Crippen LogP contribution in [0.3, 0.4) is 0 Å². The first-order valence-electron chi connectivity index (χ1n) is 9.09. The van der Waals surface area contributed by atoms with Crippen LogP contribution < -0.4 is 4.72 Å². The predicted octanol–water partition coefficient (Wildman–Crippen LogP) is 6.31. The van der Waals surface area contributed by atoms with E-state index in [2.05, 4.69) is 4.72 Å². The highest BCUT2D eigenvalue weighted by molar-refractivity contribution is 7.92. The smallest absolute Gasteiger partial charge is 0.335 e. The normalized spacial score (nSPS) is 11.4. The number of carbonyl (C=O) groups is 1. The molecular weight excluding hydrogens is 457 g/mol. The summed E-state index contributed by atoms with van der Waals surface area (Å²) in [6.07, 6.45) is 0. The quantitative estimate of drug-likeness (QED) is 0.357. The largest absolute Gasteiger partial charge is 0.478 e. The average Bonchev–Trinajstić information content (AvgIpc) is 2.73. The zero-order valence-corrected chi connectivity index (χ0v) is 18.2. The standard InChI is InChI=1S/C23H15Cl2NO4S/c24-16-11-17(25)13-18(12-16)31(29,30)26-22-9-8-19(20-6-1-2-7-21(20)22)14-4-3-5-15(10-14)23(27)28/h1-13,26H,(H,27,28). The Hall–Kier alpha value is -3.06. The second-order valence-corrected chi connectivity index (χ2v) is 9.36. The number of nitrogens with one attached hydrogen (secondary N) is 1. The SMILES string of the molecule is O=C(O)c1cccc(-c2ccc(NS(=O)(=O)c3cc(Cl)cc(Cl)c3)c3ccccc23)c1. The Labute approximate surface area is 188 Å². The fourth-order valence-electron chi connectivity index (χ4n) is 3.35. The van der Waals surface area contributed by atoms with Crippen molar-refractivity contribution in [2.45, 2.75) is 4.90 Å². The molecule has 2 N–H and O–H groups in total. The lowest BCUT2D eigenvalue weighted by atomic mass is 9.96. The van der Waals surface area contributed by atoms with E-state index in [0.29, 0.717) is 16.6 Å². The zero-order chi connectivity index (χ0) is 22.2. The molecule has 0 unspecified atom stereocenters. The highest BCUT2D eigenvalue weighted by atomic mass is 35.5. The maximum atomic E-state index is 12.9. The molecule has 4 aromatic carbocycles. The Morgan fingerprint density at radius 3 is 2.16 bits per heavy atom. The van der Waals surface area contributed by atoms with E-state index in [4.69, 9.17) is 23.2 Å². The summed E-state index contributed by atoms with van der Waals surface area (Å²) >= 11 is 11.9. The summed E-state index contributed by atoms with van der Waals surface area (Å²) in [5.41, 5.74) is 2.05. The zero-order valence-electron chi connectivity index (χ0n) is 15.8. The van der Waals surface area contributed by atoms with Crippen LogP contribution in [0.1, 0.15) is 10.4 Å². The molecule has 4 aromatic rings. The van der Waals surface area contributed by atoms with Gasteiger partial charge in [-0.1, -0.05) is 65.7 Å². The fourth-order valence-corrected chi connectivity index (χ4v) is 5.15. The van der Waals surface area contributed by atoms with E-state index in [0.717, 1.165) is 10.9 Å². The molecule has 0 aliphatic heterocycles. The minimum absolute atomic E-state index is 0.0488. The fraction of sp³-hybridized carbons (Fsp3) is 0. The van der Waals surface area contributed by atoms with Crippen LogP contribution >= 0.6 is 23.2 Å². The number of anilines is 1. The summed E-state index contributed by atoms with van der Waals surface area (Å²) in [5, 5.41) is 11.2. The van der Waals surface area contributed by atoms with Crippen LogP contribution in [0.2, 0.25) is 10.0 Å². The second kappa shape index (κ2) is 8.23. The molecule has 4 rings (SSSR count). The number of aromatic carboxylic acids is 1. The molecule has 156 valence electrons. The number of sulfonamides is 1. The molecule has 0 aromatic heterocycles. The Morgan fingerprint density at radius 1 is 0.806 bits per heavy atom. The van der Waals surface area contributed by atoms with Gasteiger partial charge in [0.05, 0.1) is 16.1 Å². The summed E-state index contributed by atoms with van der Waals surface area (Å²) in [5.74, 6) is -1.02. The van der Waals surface area contributed by atoms with Gasteiger partial charge in [-0.05, 0) is 52.9 Å². The van der Waals surface area contributed by atoms with Crippen LogP contribution in [0.25, 0.3) is 21.9 Å². The molecule has 0 spiro atoms. The molecule has 8 heteroatoms. The lowest BCUT2D eigenvalue weighted by Crippen LogP contribution is -2.13. The predicted molar refractivity (Wildman–Crippen MR) is 124 cm³/mol. The van der Waals surface area contributed by atoms with E-state index >= 15 is 0 Å². The number of rotatable bonds is 5. The van der Waals surface area contributed by atoms with Gasteiger partial charge in [0.15, 0.2) is 0 Å². The Kier molecular flexibility index (Phi) is 5.62. The van der Waals surface area contributed by atoms with Crippen LogP contribution in [0.15, 0.2) is 83.8 Å². The first-order chi connectivity index (χ1) is 14.7. The third-order valence-corrected chi connectivity index (χ3v) is 6.52. The van der Waals surface area contributed by atoms with Crippen LogP contribution in [0.5, 0.6) is 0 Å². The van der Waals surface area contributed by atoms with Gasteiger partial charge in [-0.15, -0.1) is 0 Å². The van der Waals surface area contributed by atoms with Gasteiger partial charge in [-0.2, -0.15) is 0 Å². The van der Waals surface area contributed by atoms with Crippen LogP contribution in [-0.2, 0) is 10.0 Å². The van der Waals surface area contributed by atoms with Gasteiger partial charge in [-0.25, -0.2) is 13.2 Å². The lowest BCUT2D eigenvalue weighted by molar-refractivity contribution is 0.0697. The topological polar surface area (TPSA) is 83.5 Å². The number of carboxylic acids is 1. The maximum absolute atomic E-state index is 12.9. The van der Waals surface area contributed by atoms with Gasteiger partial charge in [0, 0.05) is 15.4 Å². The Morgan fingerprint density at radius 2 is 1.48 bits per heavy atom. The third-order valence-electron chi connectivity index (χ3n) is 4.74. The molecule has 0 aliphatic rings. The summed E-state index contributed by atoms with van der Waals surface area (Å²) in [6.45, 7) is 0. The first-order valence-corrected chi connectivity index (χ1v) is 11.3. The molecule has 0 atom stereocenters. The second-order valence-electron chi connectivity index (χ2n) is 6.80. The van der Waals surface area contributed by atoms with E-state index in [1.54, 1.807) is 36.4 Å². The summed E-state index contributed by atoms with van der Waals surface area (Å²) in [4.78, 5) is 11.3. The molecule has 0 amide bonds. The van der Waals surface area contributed by atoms with Gasteiger partial charge < -0.3 is 5.11 Å². The van der Waals surface area contributed by atoms with Gasteiger partial charge >= 0.3 is 5.97 Å². The average molecular weight is 472 g/mol. The number of fused-ring (bicyclic) bond motifs is 1. The minimum Gasteiger partial charge on any atom is -0.478 e. The van der Waals surface area contributed by atoms with E-state index < -0.39 is 16.0 Å². The molecule has 0 heterocycles. The summed E-state index contributed by atoms with van der Waals surface area (Å²) < 4.78 is 28.5. The molecule has 31 heavy (non-hydrogen) atoms. The van der Waals surface area contributed by atoms with Crippen LogP contribution in [0, 0.1) is 0 Å². The van der Waals surface area contributed by atoms with E-state index in [9.17, 15) is 18.3 Å². The van der Waals surface area contributed by atoms with Crippen molar-refractivity contribution in [2.24, 2.45) is 0 Å². The molecule has 0 radical (unpaired) electrons. The van der Waals surface area contributed by atoms with Crippen molar-refractivity contribution in [3.05, 3.63) is 94.5 Å². The number of benzene rings is 4. The van der Waals surface area contributed by atoms with Crippen LogP contribution in [-0.4, -0.2) is 19.5 Å². The third kappa shape index (κ3) is 4.37. The van der Waals surface area contributed by atoms with E-state index in [-0.39, 0.29) is 20.5 Å². The molecule has 5 nitrogen and oxygen atoms in total. The van der Waals surface area contributed by atoms with E-state index in [1.165, 1.54) is 24.3 Å². The molecular formula is C23H15Cl2NO4S. The van der Waals surface area contributed by atoms with Gasteiger partial charge in [0.2, 0.25) is 0 Å². The summed E-state index contributed by atoms with van der Waals surface area (Å²) in [6, 6.07) is 21.4. The van der Waals surface area contributed by atoms with Crippen molar-refractivity contribution in [1.82, 2.24) is 0 Å². The Balaban J connectivity index is 1.82.